The molecule has 0 bridgehead atoms. The van der Waals surface area contributed by atoms with Crippen molar-refractivity contribution in [1.82, 2.24) is 59.1 Å². The molecule has 1 amide bonds. The van der Waals surface area contributed by atoms with Gasteiger partial charge in [-0.1, -0.05) is 6.58 Å². The van der Waals surface area contributed by atoms with Gasteiger partial charge in [0.05, 0.1) is 60.8 Å². The number of benzene rings is 2. The summed E-state index contributed by atoms with van der Waals surface area (Å²) in [4.78, 5) is 37.8. The number of hydrogen-bond acceptors (Lipinski definition) is 14. The first-order valence-corrected chi connectivity index (χ1v) is 22.7. The predicted molar refractivity (Wildman–Crippen MR) is 249 cm³/mol. The van der Waals surface area contributed by atoms with Gasteiger partial charge in [0.1, 0.15) is 11.5 Å². The Morgan fingerprint density at radius 3 is 1.49 bits per heavy atom. The van der Waals surface area contributed by atoms with Gasteiger partial charge in [0.2, 0.25) is 11.9 Å². The molecule has 0 aliphatic carbocycles. The van der Waals surface area contributed by atoms with Crippen molar-refractivity contribution < 1.29 is 27.4 Å². The number of rotatable bonds is 9. The van der Waals surface area contributed by atoms with E-state index in [0.29, 0.717) is 42.2 Å². The van der Waals surface area contributed by atoms with Crippen molar-refractivity contribution in [2.24, 2.45) is 0 Å². The molecule has 2 fully saturated rings. The molecule has 10 rings (SSSR count). The summed E-state index contributed by atoms with van der Waals surface area (Å²) in [5.41, 5.74) is 9.37. The van der Waals surface area contributed by atoms with E-state index in [4.69, 9.17) is 14.5 Å². The van der Waals surface area contributed by atoms with Gasteiger partial charge < -0.3 is 39.7 Å². The number of aromatic nitrogens is 8. The number of alkyl halides is 3. The standard InChI is InChI=1S/C24H31N7O.C23H26F3N7O2/c1-16(2)30-9-6-20(7-10-30)31-23-19(14-26-31)13-25-24(28-23)27-21-11-18-15-29(3)8-5-17(18)12-22(21)32-4;1-31-6-3-14-10-19(35-2)18(9-15(14)13-31)29-22-27-11-16-12-28-33(20(16)30-22)17-4-7-32(8-5-17)21(34)23(24,25)26/h11-14,20H,1,5-10,15H2,2-4H3,(H,25,27,28);9-12,17H,3-8,13H2,1-2H3,(H,27,29,30). The number of carbonyl (C=O) groups is 1. The summed E-state index contributed by atoms with van der Waals surface area (Å²) < 4.78 is 53.3. The fraction of sp³-hybridized carbons (Fsp3) is 0.468. The lowest BCUT2D eigenvalue weighted by Gasteiger charge is -2.33. The first-order chi connectivity index (χ1) is 32.2. The molecule has 8 heterocycles. The van der Waals surface area contributed by atoms with Crippen LogP contribution in [0.25, 0.3) is 22.1 Å². The number of ether oxygens (including phenoxy) is 2. The number of hydrogen-bond donors (Lipinski definition) is 2. The Hall–Kier alpha value is -6.54. The number of amides is 1. The fourth-order valence-corrected chi connectivity index (χ4v) is 9.54. The molecule has 0 spiro atoms. The smallest absolute Gasteiger partial charge is 0.471 e. The maximum atomic E-state index is 12.8. The van der Waals surface area contributed by atoms with E-state index in [-0.39, 0.29) is 19.1 Å². The van der Waals surface area contributed by atoms with Crippen LogP contribution in [0.1, 0.15) is 66.9 Å². The zero-order valence-corrected chi connectivity index (χ0v) is 38.6. The molecule has 4 aliphatic rings. The van der Waals surface area contributed by atoms with Crippen LogP contribution in [-0.4, -0.2) is 139 Å². The van der Waals surface area contributed by atoms with Crippen LogP contribution in [0.3, 0.4) is 0 Å². The van der Waals surface area contributed by atoms with Gasteiger partial charge in [-0.2, -0.15) is 33.3 Å². The highest BCUT2D eigenvalue weighted by atomic mass is 19.4. The number of fused-ring (bicyclic) bond motifs is 4. The molecule has 0 atom stereocenters. The molecule has 4 aliphatic heterocycles. The summed E-state index contributed by atoms with van der Waals surface area (Å²) >= 11 is 0. The molecule has 0 radical (unpaired) electrons. The third kappa shape index (κ3) is 9.81. The van der Waals surface area contributed by atoms with Crippen LogP contribution in [0.4, 0.5) is 36.4 Å². The van der Waals surface area contributed by atoms with Gasteiger partial charge in [0, 0.05) is 70.4 Å². The Kier molecular flexibility index (Phi) is 12.9. The maximum Gasteiger partial charge on any atom is 0.471 e. The van der Waals surface area contributed by atoms with Crippen LogP contribution in [0, 0.1) is 0 Å². The minimum absolute atomic E-state index is 0.0152. The van der Waals surface area contributed by atoms with E-state index in [9.17, 15) is 18.0 Å². The molecule has 6 aromatic rings. The number of anilines is 4. The molecule has 20 heteroatoms. The van der Waals surface area contributed by atoms with Crippen molar-refractivity contribution in [3.8, 4) is 11.5 Å². The minimum atomic E-state index is -4.85. The highest BCUT2D eigenvalue weighted by Crippen LogP contribution is 2.36. The van der Waals surface area contributed by atoms with E-state index >= 15 is 0 Å². The SMILES string of the molecule is C=C(C)N1CCC(n2ncc3cnc(Nc4cc5c(cc4OC)CCN(C)C5)nc32)CC1.COc1cc2c(cc1Nc1ncc3cnn(C4CCN(C(=O)C(F)(F)F)CC4)c3n1)CN(C)CC2. The summed E-state index contributed by atoms with van der Waals surface area (Å²) in [5.74, 6) is 0.651. The minimum Gasteiger partial charge on any atom is -0.495 e. The topological polar surface area (TPSA) is 160 Å². The normalized spacial score (nSPS) is 17.4. The molecular formula is C47H57F3N14O3. The van der Waals surface area contributed by atoms with Crippen LogP contribution in [0.5, 0.6) is 11.5 Å². The highest BCUT2D eigenvalue weighted by molar-refractivity contribution is 5.82. The lowest BCUT2D eigenvalue weighted by Crippen LogP contribution is -2.45. The van der Waals surface area contributed by atoms with E-state index in [1.807, 2.05) is 18.5 Å². The number of allylic oxidation sites excluding steroid dienone is 1. The van der Waals surface area contributed by atoms with Gasteiger partial charge >= 0.3 is 12.1 Å². The number of likely N-dealkylation sites (N-methyl/N-ethyl adjacent to an activating group) is 2. The van der Waals surface area contributed by atoms with Crippen LogP contribution in [0.15, 0.2) is 61.3 Å². The van der Waals surface area contributed by atoms with Crippen LogP contribution >= 0.6 is 0 Å². The van der Waals surface area contributed by atoms with Gasteiger partial charge in [-0.15, -0.1) is 0 Å². The van der Waals surface area contributed by atoms with Crippen LogP contribution in [0.2, 0.25) is 0 Å². The number of halogens is 3. The summed E-state index contributed by atoms with van der Waals surface area (Å²) in [6, 6.07) is 8.58. The number of carbonyl (C=O) groups excluding carboxylic acids is 1. The van der Waals surface area contributed by atoms with Crippen molar-refractivity contribution in [3.63, 3.8) is 0 Å². The Bertz CT molecular complexity index is 2780. The average molecular weight is 923 g/mol. The van der Waals surface area contributed by atoms with E-state index in [0.717, 1.165) is 109 Å². The summed E-state index contributed by atoms with van der Waals surface area (Å²) in [6.07, 6.45) is 6.92. The van der Waals surface area contributed by atoms with Gasteiger partial charge in [-0.05, 0) is 106 Å². The molecule has 67 heavy (non-hydrogen) atoms. The van der Waals surface area contributed by atoms with Gasteiger partial charge in [-0.3, -0.25) is 4.79 Å². The van der Waals surface area contributed by atoms with Crippen molar-refractivity contribution in [3.05, 3.63) is 83.6 Å². The molecule has 4 aromatic heterocycles. The van der Waals surface area contributed by atoms with Crippen molar-refractivity contribution in [2.45, 2.75) is 76.8 Å². The molecule has 17 nitrogen and oxygen atoms in total. The lowest BCUT2D eigenvalue weighted by molar-refractivity contribution is -0.186. The van der Waals surface area contributed by atoms with Gasteiger partial charge in [0.15, 0.2) is 11.3 Å². The van der Waals surface area contributed by atoms with E-state index in [1.165, 1.54) is 22.3 Å². The largest absolute Gasteiger partial charge is 0.495 e. The maximum absolute atomic E-state index is 12.8. The zero-order valence-electron chi connectivity index (χ0n) is 38.6. The number of likely N-dealkylation sites (tertiary alicyclic amines) is 2. The second-order valence-electron chi connectivity index (χ2n) is 18.0. The Morgan fingerprint density at radius 1 is 0.657 bits per heavy atom. The fourth-order valence-electron chi connectivity index (χ4n) is 9.54. The number of nitrogens with zero attached hydrogens (tertiary/aromatic N) is 12. The average Bonchev–Trinajstić information content (AvgIpc) is 3.95. The molecule has 0 saturated carbocycles. The Labute approximate surface area is 386 Å². The molecule has 2 aromatic carbocycles. The van der Waals surface area contributed by atoms with Gasteiger partial charge in [0.25, 0.3) is 0 Å². The lowest BCUT2D eigenvalue weighted by atomic mass is 9.99. The molecule has 2 N–H and O–H groups in total. The molecular weight excluding hydrogens is 866 g/mol. The van der Waals surface area contributed by atoms with Crippen molar-refractivity contribution in [2.75, 3.05) is 78.2 Å². The second kappa shape index (κ2) is 19.0. The third-order valence-electron chi connectivity index (χ3n) is 13.3. The zero-order chi connectivity index (χ0) is 47.0. The van der Waals surface area contributed by atoms with Crippen molar-refractivity contribution in [1.29, 1.82) is 0 Å². The molecule has 0 unspecified atom stereocenters. The third-order valence-corrected chi connectivity index (χ3v) is 13.3. The number of methoxy groups -OCH3 is 2. The van der Waals surface area contributed by atoms with E-state index in [1.54, 1.807) is 31.3 Å². The Balaban J connectivity index is 0.000000169. The Morgan fingerprint density at radius 2 is 1.09 bits per heavy atom. The summed E-state index contributed by atoms with van der Waals surface area (Å²) in [5, 5.41) is 17.4. The first kappa shape index (κ1) is 45.6. The molecule has 354 valence electrons. The highest BCUT2D eigenvalue weighted by Gasteiger charge is 2.43. The van der Waals surface area contributed by atoms with Crippen molar-refractivity contribution >= 4 is 51.2 Å². The monoisotopic (exact) mass is 922 g/mol. The van der Waals surface area contributed by atoms with Crippen LogP contribution < -0.4 is 20.1 Å². The van der Waals surface area contributed by atoms with E-state index < -0.39 is 12.1 Å². The number of nitrogens with one attached hydrogen (secondary N) is 2. The van der Waals surface area contributed by atoms with Gasteiger partial charge in [-0.25, -0.2) is 19.3 Å². The molecule has 2 saturated heterocycles. The van der Waals surface area contributed by atoms with E-state index in [2.05, 4.69) is 101 Å². The second-order valence-corrected chi connectivity index (χ2v) is 18.0. The quantitative estimate of drug-likeness (QED) is 0.152. The van der Waals surface area contributed by atoms with Crippen LogP contribution in [-0.2, 0) is 30.7 Å². The predicted octanol–water partition coefficient (Wildman–Crippen LogP) is 7.03. The summed E-state index contributed by atoms with van der Waals surface area (Å²) in [6.45, 7) is 12.0. The summed E-state index contributed by atoms with van der Waals surface area (Å²) in [7, 11) is 7.57. The number of piperidine rings is 2. The first-order valence-electron chi connectivity index (χ1n) is 22.7.